The van der Waals surface area contributed by atoms with Gasteiger partial charge in [0.1, 0.15) is 0 Å². The van der Waals surface area contributed by atoms with Crippen molar-refractivity contribution in [1.82, 2.24) is 0 Å². The zero-order valence-electron chi connectivity index (χ0n) is 26.2. The molecule has 4 aromatic rings. The molecule has 5 rings (SSSR count). The minimum absolute atomic E-state index is 0.00318. The molecule has 1 unspecified atom stereocenters. The van der Waals surface area contributed by atoms with Crippen molar-refractivity contribution in [3.8, 4) is 0 Å². The van der Waals surface area contributed by atoms with Crippen LogP contribution in [-0.2, 0) is 8.85 Å². The molecule has 1 aliphatic carbocycles. The van der Waals surface area contributed by atoms with Gasteiger partial charge < -0.3 is 14.0 Å². The summed E-state index contributed by atoms with van der Waals surface area (Å²) in [6.07, 6.45) is 1.98. The summed E-state index contributed by atoms with van der Waals surface area (Å²) in [6.45, 7) is 9.44. The zero-order valence-corrected chi connectivity index (χ0v) is 29.1. The Kier molecular flexibility index (Phi) is 10.5. The van der Waals surface area contributed by atoms with E-state index >= 15 is 0 Å². The number of hydrogen-bond acceptors (Lipinski definition) is 3. The van der Waals surface area contributed by atoms with Gasteiger partial charge >= 0.3 is 0 Å². The van der Waals surface area contributed by atoms with Gasteiger partial charge in [0.2, 0.25) is 0 Å². The van der Waals surface area contributed by atoms with Crippen LogP contribution in [0.2, 0.25) is 10.1 Å². The molecule has 0 bridgehead atoms. The highest BCUT2D eigenvalue weighted by Gasteiger charge is 2.38. The van der Waals surface area contributed by atoms with Gasteiger partial charge in [0.15, 0.2) is 19.5 Å². The maximum atomic E-state index is 10.9. The fourth-order valence-electron chi connectivity index (χ4n) is 7.06. The van der Waals surface area contributed by atoms with E-state index in [4.69, 9.17) is 8.85 Å². The Morgan fingerprint density at radius 2 is 0.791 bits per heavy atom. The molecule has 0 aliphatic heterocycles. The normalized spacial score (nSPS) is 20.1. The molecule has 3 atom stereocenters. The molecule has 1 fully saturated rings. The van der Waals surface area contributed by atoms with Crippen molar-refractivity contribution in [2.75, 3.05) is 0 Å². The lowest BCUT2D eigenvalue weighted by molar-refractivity contribution is -0.00684. The molecule has 4 aromatic carbocycles. The van der Waals surface area contributed by atoms with Crippen molar-refractivity contribution in [2.24, 2.45) is 0 Å². The molecule has 0 spiro atoms. The van der Waals surface area contributed by atoms with E-state index in [0.717, 1.165) is 6.42 Å². The highest BCUT2D eigenvalue weighted by Crippen LogP contribution is 2.47. The van der Waals surface area contributed by atoms with Crippen LogP contribution in [0.4, 0.5) is 0 Å². The van der Waals surface area contributed by atoms with Gasteiger partial charge in [0.05, 0.1) is 6.10 Å². The van der Waals surface area contributed by atoms with E-state index in [9.17, 15) is 5.11 Å². The Morgan fingerprint density at radius 3 is 1.07 bits per heavy atom. The van der Waals surface area contributed by atoms with Gasteiger partial charge in [-0.1, -0.05) is 149 Å². The Hall–Kier alpha value is -2.81. The molecular formula is C38H48O3Si2. The molecule has 1 saturated carbocycles. The monoisotopic (exact) mass is 608 g/mol. The van der Waals surface area contributed by atoms with E-state index < -0.39 is 19.5 Å². The van der Waals surface area contributed by atoms with Crippen LogP contribution < -0.4 is 0 Å². The summed E-state index contributed by atoms with van der Waals surface area (Å²) in [4.78, 5) is 0. The third-order valence-corrected chi connectivity index (χ3v) is 12.7. The van der Waals surface area contributed by atoms with Crippen LogP contribution in [0.25, 0.3) is 0 Å². The summed E-state index contributed by atoms with van der Waals surface area (Å²) < 4.78 is 13.6. The number of rotatable bonds is 12. The lowest BCUT2D eigenvalue weighted by Crippen LogP contribution is -2.40. The summed E-state index contributed by atoms with van der Waals surface area (Å²) >= 11 is 0. The molecule has 43 heavy (non-hydrogen) atoms. The molecule has 0 aromatic heterocycles. The number of aliphatic hydroxyl groups excluding tert-OH is 1. The van der Waals surface area contributed by atoms with E-state index in [0.29, 0.717) is 12.8 Å². The standard InChI is InChI=1S/C38H48O3Si2/c1-37(2,35(28-17-9-5-10-18-28)29-19-11-6-12-20-29)42-40-33-25-32(39)26-34(27-33)41-43-38(3,4)36(30-21-13-7-14-22-30)31-23-15-8-16-24-31/h5-24,32-36,39H,25-27,42-43H2,1-4H3/t32?,33-,34+. The van der Waals surface area contributed by atoms with Crippen LogP contribution in [0.1, 0.15) is 81.0 Å². The molecule has 0 heterocycles. The molecule has 0 radical (unpaired) electrons. The fraction of sp³-hybridized carbons (Fsp3) is 0.368. The Morgan fingerprint density at radius 1 is 0.512 bits per heavy atom. The highest BCUT2D eigenvalue weighted by molar-refractivity contribution is 6.33. The first kappa shape index (κ1) is 31.6. The van der Waals surface area contributed by atoms with Crippen LogP contribution in [0.5, 0.6) is 0 Å². The maximum absolute atomic E-state index is 10.9. The molecule has 0 amide bonds. The summed E-state index contributed by atoms with van der Waals surface area (Å²) in [6, 6.07) is 43.4. The van der Waals surface area contributed by atoms with E-state index in [2.05, 4.69) is 149 Å². The molecule has 226 valence electrons. The smallest absolute Gasteiger partial charge is 0.168 e. The van der Waals surface area contributed by atoms with Crippen molar-refractivity contribution in [3.05, 3.63) is 144 Å². The minimum Gasteiger partial charge on any atom is -0.420 e. The first-order valence-corrected chi connectivity index (χ1v) is 18.4. The molecule has 1 aliphatic rings. The quantitative estimate of drug-likeness (QED) is 0.169. The van der Waals surface area contributed by atoms with Crippen LogP contribution in [-0.4, -0.2) is 42.9 Å². The van der Waals surface area contributed by atoms with Crippen LogP contribution in [0, 0.1) is 0 Å². The predicted octanol–water partition coefficient (Wildman–Crippen LogP) is 7.53. The lowest BCUT2D eigenvalue weighted by Gasteiger charge is -2.40. The first-order chi connectivity index (χ1) is 20.7. The SMILES string of the molecule is CC(C)([SiH2]O[C@@H]1CC(O)C[C@H](O[SiH2]C(C)(C)C(c2ccccc2)c2ccccc2)C1)C(c1ccccc1)c1ccccc1. The number of hydrogen-bond donors (Lipinski definition) is 1. The zero-order chi connectivity index (χ0) is 30.3. The van der Waals surface area contributed by atoms with E-state index in [-0.39, 0.29) is 40.2 Å². The van der Waals surface area contributed by atoms with Crippen molar-refractivity contribution >= 4 is 19.5 Å². The lowest BCUT2D eigenvalue weighted by atomic mass is 9.82. The van der Waals surface area contributed by atoms with Crippen molar-refractivity contribution in [2.45, 2.75) is 87.2 Å². The summed E-state index contributed by atoms with van der Waals surface area (Å²) in [5.41, 5.74) is 5.33. The number of aliphatic hydroxyl groups is 1. The van der Waals surface area contributed by atoms with Crippen LogP contribution >= 0.6 is 0 Å². The van der Waals surface area contributed by atoms with Gasteiger partial charge in [-0.2, -0.15) is 0 Å². The molecule has 0 saturated heterocycles. The fourth-order valence-corrected chi connectivity index (χ4v) is 10.2. The Balaban J connectivity index is 1.25. The molecule has 5 heteroatoms. The summed E-state index contributed by atoms with van der Waals surface area (Å²) in [7, 11) is -1.93. The third-order valence-electron chi connectivity index (χ3n) is 9.07. The second-order valence-electron chi connectivity index (χ2n) is 13.7. The van der Waals surface area contributed by atoms with E-state index in [1.807, 2.05) is 0 Å². The first-order valence-electron chi connectivity index (χ1n) is 15.8. The third kappa shape index (κ3) is 8.22. The topological polar surface area (TPSA) is 38.7 Å². The van der Waals surface area contributed by atoms with Gasteiger partial charge in [-0.15, -0.1) is 0 Å². The second kappa shape index (κ2) is 14.3. The Labute approximate surface area is 263 Å². The van der Waals surface area contributed by atoms with Crippen LogP contribution in [0.3, 0.4) is 0 Å². The average molecular weight is 609 g/mol. The van der Waals surface area contributed by atoms with Crippen molar-refractivity contribution in [1.29, 1.82) is 0 Å². The van der Waals surface area contributed by atoms with Gasteiger partial charge in [-0.05, 0) is 51.6 Å². The van der Waals surface area contributed by atoms with E-state index in [1.165, 1.54) is 22.3 Å². The average Bonchev–Trinajstić information content (AvgIpc) is 3.01. The van der Waals surface area contributed by atoms with Crippen molar-refractivity contribution < 1.29 is 14.0 Å². The summed E-state index contributed by atoms with van der Waals surface area (Å²) in [5.74, 6) is 0.534. The minimum atomic E-state index is -0.966. The van der Waals surface area contributed by atoms with Crippen LogP contribution in [0.15, 0.2) is 121 Å². The highest BCUT2D eigenvalue weighted by atomic mass is 28.2. The summed E-state index contributed by atoms with van der Waals surface area (Å²) in [5, 5.41) is 10.9. The molecule has 1 N–H and O–H groups in total. The van der Waals surface area contributed by atoms with E-state index in [1.54, 1.807) is 0 Å². The molecular weight excluding hydrogens is 561 g/mol. The van der Waals surface area contributed by atoms with Gasteiger partial charge in [-0.25, -0.2) is 0 Å². The van der Waals surface area contributed by atoms with Gasteiger partial charge in [-0.3, -0.25) is 0 Å². The molecule has 3 nitrogen and oxygen atoms in total. The predicted molar refractivity (Wildman–Crippen MR) is 184 cm³/mol. The second-order valence-corrected chi connectivity index (χ2v) is 18.6. The van der Waals surface area contributed by atoms with Gasteiger partial charge in [0.25, 0.3) is 0 Å². The maximum Gasteiger partial charge on any atom is 0.168 e. The van der Waals surface area contributed by atoms with Crippen molar-refractivity contribution in [3.63, 3.8) is 0 Å². The van der Waals surface area contributed by atoms with Gasteiger partial charge in [0, 0.05) is 24.0 Å². The largest absolute Gasteiger partial charge is 0.420 e. The Bertz CT molecular complexity index is 1190. The number of benzene rings is 4.